The third-order valence-electron chi connectivity index (χ3n) is 1.96. The van der Waals surface area contributed by atoms with E-state index in [1.807, 2.05) is 6.92 Å². The van der Waals surface area contributed by atoms with Crippen LogP contribution in [0.5, 0.6) is 0 Å². The lowest BCUT2D eigenvalue weighted by Crippen LogP contribution is -2.09. The minimum Gasteiger partial charge on any atom is -0.393 e. The van der Waals surface area contributed by atoms with Gasteiger partial charge >= 0.3 is 0 Å². The summed E-state index contributed by atoms with van der Waals surface area (Å²) in [5, 5.41) is 9.30. The first-order valence-electron chi connectivity index (χ1n) is 4.07. The lowest BCUT2D eigenvalue weighted by molar-refractivity contribution is 0.142. The van der Waals surface area contributed by atoms with Crippen molar-refractivity contribution in [2.45, 2.75) is 51.4 Å². The maximum atomic E-state index is 9.30. The summed E-state index contributed by atoms with van der Waals surface area (Å²) in [6.45, 7) is 4.13. The summed E-state index contributed by atoms with van der Waals surface area (Å²) in [5.74, 6) is 0. The number of epoxide rings is 1. The molecule has 3 atom stereocenters. The lowest BCUT2D eigenvalue weighted by Gasteiger charge is -2.05. The first-order chi connectivity index (χ1) is 4.74. The molecule has 1 aliphatic heterocycles. The number of hydrogen-bond donors (Lipinski definition) is 1. The van der Waals surface area contributed by atoms with Gasteiger partial charge in [-0.3, -0.25) is 0 Å². The van der Waals surface area contributed by atoms with Crippen LogP contribution in [0.4, 0.5) is 0 Å². The van der Waals surface area contributed by atoms with Crippen molar-refractivity contribution >= 4 is 0 Å². The topological polar surface area (TPSA) is 32.8 Å². The van der Waals surface area contributed by atoms with Crippen molar-refractivity contribution < 1.29 is 9.84 Å². The van der Waals surface area contributed by atoms with Crippen LogP contribution >= 0.6 is 0 Å². The zero-order valence-electron chi connectivity index (χ0n) is 6.71. The third kappa shape index (κ3) is 2.27. The fourth-order valence-corrected chi connectivity index (χ4v) is 1.20. The van der Waals surface area contributed by atoms with Crippen LogP contribution in [0.25, 0.3) is 0 Å². The Balaban J connectivity index is 2.01. The van der Waals surface area contributed by atoms with E-state index in [2.05, 4.69) is 6.92 Å². The van der Waals surface area contributed by atoms with Gasteiger partial charge in [-0.05, 0) is 13.3 Å². The van der Waals surface area contributed by atoms with Crippen LogP contribution in [-0.4, -0.2) is 23.4 Å². The number of aliphatic hydroxyl groups excluding tert-OH is 1. The largest absolute Gasteiger partial charge is 0.393 e. The van der Waals surface area contributed by atoms with E-state index in [-0.39, 0.29) is 6.10 Å². The molecule has 60 valence electrons. The minimum absolute atomic E-state index is 0.139. The van der Waals surface area contributed by atoms with Gasteiger partial charge in [0.25, 0.3) is 0 Å². The van der Waals surface area contributed by atoms with E-state index in [1.54, 1.807) is 0 Å². The summed E-state index contributed by atoms with van der Waals surface area (Å²) in [7, 11) is 0. The van der Waals surface area contributed by atoms with Gasteiger partial charge in [-0.2, -0.15) is 0 Å². The molecule has 0 saturated carbocycles. The predicted octanol–water partition coefficient (Wildman–Crippen LogP) is 1.32. The molecule has 1 N–H and O–H groups in total. The normalized spacial score (nSPS) is 33.9. The van der Waals surface area contributed by atoms with Gasteiger partial charge in [-0.1, -0.05) is 13.3 Å². The summed E-state index contributed by atoms with van der Waals surface area (Å²) in [6.07, 6.45) is 3.40. The molecule has 0 spiro atoms. The summed E-state index contributed by atoms with van der Waals surface area (Å²) < 4.78 is 5.17. The van der Waals surface area contributed by atoms with Crippen LogP contribution in [0.15, 0.2) is 0 Å². The highest BCUT2D eigenvalue weighted by molar-refractivity contribution is 4.82. The maximum Gasteiger partial charge on any atom is 0.0863 e. The smallest absolute Gasteiger partial charge is 0.0863 e. The Kier molecular flexibility index (Phi) is 2.69. The molecule has 1 fully saturated rings. The minimum atomic E-state index is -0.139. The molecule has 0 aromatic heterocycles. The van der Waals surface area contributed by atoms with Crippen molar-refractivity contribution in [3.8, 4) is 0 Å². The van der Waals surface area contributed by atoms with Gasteiger partial charge < -0.3 is 9.84 Å². The van der Waals surface area contributed by atoms with Crippen molar-refractivity contribution in [3.63, 3.8) is 0 Å². The third-order valence-corrected chi connectivity index (χ3v) is 1.96. The van der Waals surface area contributed by atoms with Gasteiger partial charge in [0.1, 0.15) is 0 Å². The molecule has 1 saturated heterocycles. The zero-order chi connectivity index (χ0) is 7.56. The number of rotatable bonds is 4. The average Bonchev–Trinajstić information content (AvgIpc) is 2.47. The van der Waals surface area contributed by atoms with Crippen LogP contribution in [0.2, 0.25) is 0 Å². The van der Waals surface area contributed by atoms with E-state index in [0.717, 1.165) is 19.3 Å². The molecule has 2 heteroatoms. The Morgan fingerprint density at radius 1 is 1.60 bits per heavy atom. The predicted molar refractivity (Wildman–Crippen MR) is 39.9 cm³/mol. The summed E-state index contributed by atoms with van der Waals surface area (Å²) in [6, 6.07) is 0. The molecule has 0 aliphatic carbocycles. The second-order valence-electron chi connectivity index (χ2n) is 3.06. The summed E-state index contributed by atoms with van der Waals surface area (Å²) in [4.78, 5) is 0. The molecule has 0 aromatic carbocycles. The molecule has 0 bridgehead atoms. The van der Waals surface area contributed by atoms with E-state index in [1.165, 1.54) is 0 Å². The molecule has 10 heavy (non-hydrogen) atoms. The standard InChI is InChI=1S/C8H16O2/c1-3-4-7(9)5-8-6(2)10-8/h6-9H,3-5H2,1-2H3/t6-,7?,8+/m0/s1. The lowest BCUT2D eigenvalue weighted by atomic mass is 10.1. The van der Waals surface area contributed by atoms with Crippen molar-refractivity contribution in [2.75, 3.05) is 0 Å². The molecule has 0 amide bonds. The Bertz CT molecular complexity index is 103. The van der Waals surface area contributed by atoms with E-state index >= 15 is 0 Å². The van der Waals surface area contributed by atoms with Gasteiger partial charge in [0.05, 0.1) is 18.3 Å². The highest BCUT2D eigenvalue weighted by Gasteiger charge is 2.35. The molecule has 0 aromatic rings. The van der Waals surface area contributed by atoms with Crippen LogP contribution in [-0.2, 0) is 4.74 Å². The van der Waals surface area contributed by atoms with E-state index in [4.69, 9.17) is 4.74 Å². The Morgan fingerprint density at radius 2 is 2.20 bits per heavy atom. The number of hydrogen-bond acceptors (Lipinski definition) is 2. The molecule has 0 radical (unpaired) electrons. The van der Waals surface area contributed by atoms with Gasteiger partial charge in [0.15, 0.2) is 0 Å². The Morgan fingerprint density at radius 3 is 2.60 bits per heavy atom. The highest BCUT2D eigenvalue weighted by atomic mass is 16.6. The number of ether oxygens (including phenoxy) is 1. The first kappa shape index (κ1) is 8.02. The molecule has 2 nitrogen and oxygen atoms in total. The molecule has 1 unspecified atom stereocenters. The van der Waals surface area contributed by atoms with Crippen molar-refractivity contribution in [1.29, 1.82) is 0 Å². The monoisotopic (exact) mass is 144 g/mol. The molecule has 1 aliphatic rings. The molecule has 1 heterocycles. The Labute approximate surface area is 62.2 Å². The second kappa shape index (κ2) is 3.35. The van der Waals surface area contributed by atoms with Crippen LogP contribution in [0, 0.1) is 0 Å². The quantitative estimate of drug-likeness (QED) is 0.604. The van der Waals surface area contributed by atoms with Crippen LogP contribution in [0.3, 0.4) is 0 Å². The fraction of sp³-hybridized carbons (Fsp3) is 1.00. The van der Waals surface area contributed by atoms with E-state index in [0.29, 0.717) is 12.2 Å². The van der Waals surface area contributed by atoms with Crippen LogP contribution < -0.4 is 0 Å². The maximum absolute atomic E-state index is 9.30. The van der Waals surface area contributed by atoms with E-state index < -0.39 is 0 Å². The zero-order valence-corrected chi connectivity index (χ0v) is 6.71. The second-order valence-corrected chi connectivity index (χ2v) is 3.06. The summed E-state index contributed by atoms with van der Waals surface area (Å²) >= 11 is 0. The van der Waals surface area contributed by atoms with Crippen molar-refractivity contribution in [3.05, 3.63) is 0 Å². The first-order valence-corrected chi connectivity index (χ1v) is 4.07. The Hall–Kier alpha value is -0.0800. The average molecular weight is 144 g/mol. The van der Waals surface area contributed by atoms with E-state index in [9.17, 15) is 5.11 Å². The van der Waals surface area contributed by atoms with Gasteiger partial charge in [-0.25, -0.2) is 0 Å². The molecule has 1 rings (SSSR count). The molecular formula is C8H16O2. The van der Waals surface area contributed by atoms with Gasteiger partial charge in [-0.15, -0.1) is 0 Å². The highest BCUT2D eigenvalue weighted by Crippen LogP contribution is 2.26. The molecular weight excluding hydrogens is 128 g/mol. The fourth-order valence-electron chi connectivity index (χ4n) is 1.20. The van der Waals surface area contributed by atoms with Crippen LogP contribution in [0.1, 0.15) is 33.1 Å². The van der Waals surface area contributed by atoms with Gasteiger partial charge in [0, 0.05) is 6.42 Å². The van der Waals surface area contributed by atoms with Crippen molar-refractivity contribution in [1.82, 2.24) is 0 Å². The number of aliphatic hydroxyl groups is 1. The SMILES string of the molecule is CCCC(O)C[C@H]1O[C@H]1C. The van der Waals surface area contributed by atoms with Gasteiger partial charge in [0.2, 0.25) is 0 Å². The summed E-state index contributed by atoms with van der Waals surface area (Å²) in [5.41, 5.74) is 0. The van der Waals surface area contributed by atoms with Crippen molar-refractivity contribution in [2.24, 2.45) is 0 Å².